The van der Waals surface area contributed by atoms with Gasteiger partial charge in [-0.05, 0) is 38.1 Å². The fourth-order valence-corrected chi connectivity index (χ4v) is 2.78. The van der Waals surface area contributed by atoms with Gasteiger partial charge in [0.1, 0.15) is 0 Å². The summed E-state index contributed by atoms with van der Waals surface area (Å²) in [6.07, 6.45) is 4.55. The van der Waals surface area contributed by atoms with Crippen LogP contribution in [-0.4, -0.2) is 54.5 Å². The van der Waals surface area contributed by atoms with Crippen LogP contribution in [0.15, 0.2) is 0 Å². The molecule has 2 fully saturated rings. The highest BCUT2D eigenvalue weighted by Crippen LogP contribution is 2.16. The van der Waals surface area contributed by atoms with Gasteiger partial charge in [0.15, 0.2) is 0 Å². The first kappa shape index (κ1) is 12.8. The summed E-state index contributed by atoms with van der Waals surface area (Å²) >= 11 is 0. The van der Waals surface area contributed by atoms with Gasteiger partial charge < -0.3 is 10.6 Å². The molecule has 2 N–H and O–H groups in total. The van der Waals surface area contributed by atoms with Crippen LogP contribution in [0.5, 0.6) is 0 Å². The second-order valence-corrected chi connectivity index (χ2v) is 5.70. The highest BCUT2D eigenvalue weighted by molar-refractivity contribution is 5.78. The monoisotopic (exact) mass is 239 g/mol. The van der Waals surface area contributed by atoms with Gasteiger partial charge in [-0.25, -0.2) is 0 Å². The van der Waals surface area contributed by atoms with E-state index in [0.29, 0.717) is 12.5 Å². The van der Waals surface area contributed by atoms with Crippen molar-refractivity contribution in [3.05, 3.63) is 0 Å². The first-order valence-corrected chi connectivity index (χ1v) is 6.91. The van der Waals surface area contributed by atoms with Crippen LogP contribution in [0.1, 0.15) is 32.6 Å². The van der Waals surface area contributed by atoms with Crippen molar-refractivity contribution in [1.29, 1.82) is 0 Å². The molecule has 0 aliphatic carbocycles. The third-order valence-electron chi connectivity index (χ3n) is 4.04. The number of likely N-dealkylation sites (tertiary alicyclic amines) is 2. The predicted octanol–water partition coefficient (Wildman–Crippen LogP) is 0.668. The highest BCUT2D eigenvalue weighted by Gasteiger charge is 2.24. The molecule has 0 aromatic carbocycles. The maximum absolute atomic E-state index is 12.1. The van der Waals surface area contributed by atoms with Crippen molar-refractivity contribution in [3.63, 3.8) is 0 Å². The van der Waals surface area contributed by atoms with E-state index in [1.165, 1.54) is 0 Å². The fraction of sp³-hybridized carbons (Fsp3) is 0.923. The molecule has 0 bridgehead atoms. The molecule has 2 heterocycles. The van der Waals surface area contributed by atoms with E-state index in [1.807, 2.05) is 4.90 Å². The number of carbonyl (C=O) groups is 1. The Balaban J connectivity index is 1.76. The van der Waals surface area contributed by atoms with Crippen LogP contribution in [0.4, 0.5) is 0 Å². The van der Waals surface area contributed by atoms with Gasteiger partial charge in [-0.1, -0.05) is 6.92 Å². The Hall–Kier alpha value is -0.610. The van der Waals surface area contributed by atoms with Crippen molar-refractivity contribution in [2.24, 2.45) is 11.7 Å². The van der Waals surface area contributed by atoms with Gasteiger partial charge in [0.2, 0.25) is 5.91 Å². The molecule has 4 heteroatoms. The lowest BCUT2D eigenvalue weighted by Crippen LogP contribution is -2.49. The van der Waals surface area contributed by atoms with Gasteiger partial charge in [-0.15, -0.1) is 0 Å². The summed E-state index contributed by atoms with van der Waals surface area (Å²) in [5.74, 6) is 1.08. The fourth-order valence-electron chi connectivity index (χ4n) is 2.78. The molecule has 2 rings (SSSR count). The second kappa shape index (κ2) is 5.83. The molecule has 0 aromatic rings. The van der Waals surface area contributed by atoms with Crippen molar-refractivity contribution in [3.8, 4) is 0 Å². The SMILES string of the molecule is CC1CCN(C(=O)CN2CCC[C@H](N)C2)CC1. The van der Waals surface area contributed by atoms with Crippen molar-refractivity contribution in [1.82, 2.24) is 9.80 Å². The summed E-state index contributed by atoms with van der Waals surface area (Å²) in [6, 6.07) is 0.262. The Morgan fingerprint density at radius 2 is 1.94 bits per heavy atom. The summed E-state index contributed by atoms with van der Waals surface area (Å²) in [5, 5.41) is 0. The Bertz CT molecular complexity index is 261. The highest BCUT2D eigenvalue weighted by atomic mass is 16.2. The Labute approximate surface area is 104 Å². The quantitative estimate of drug-likeness (QED) is 0.770. The van der Waals surface area contributed by atoms with E-state index in [1.54, 1.807) is 0 Å². The maximum Gasteiger partial charge on any atom is 0.236 e. The van der Waals surface area contributed by atoms with Gasteiger partial charge in [0.05, 0.1) is 6.54 Å². The Kier molecular flexibility index (Phi) is 4.40. The molecule has 4 nitrogen and oxygen atoms in total. The molecular formula is C13H25N3O. The number of nitrogens with zero attached hydrogens (tertiary/aromatic N) is 2. The number of hydrogen-bond donors (Lipinski definition) is 1. The minimum absolute atomic E-state index is 0.262. The van der Waals surface area contributed by atoms with E-state index >= 15 is 0 Å². The molecule has 2 aliphatic rings. The molecule has 98 valence electrons. The summed E-state index contributed by atoms with van der Waals surface area (Å²) in [4.78, 5) is 16.4. The second-order valence-electron chi connectivity index (χ2n) is 5.70. The van der Waals surface area contributed by atoms with Gasteiger partial charge >= 0.3 is 0 Å². The van der Waals surface area contributed by atoms with E-state index in [2.05, 4.69) is 11.8 Å². The lowest BCUT2D eigenvalue weighted by Gasteiger charge is -2.34. The molecule has 17 heavy (non-hydrogen) atoms. The molecule has 0 saturated carbocycles. The number of nitrogens with two attached hydrogens (primary N) is 1. The lowest BCUT2D eigenvalue weighted by molar-refractivity contribution is -0.134. The molecule has 1 amide bonds. The zero-order valence-electron chi connectivity index (χ0n) is 10.9. The van der Waals surface area contributed by atoms with Crippen LogP contribution < -0.4 is 5.73 Å². The Morgan fingerprint density at radius 3 is 2.59 bits per heavy atom. The number of amides is 1. The van der Waals surface area contributed by atoms with Crippen molar-refractivity contribution < 1.29 is 4.79 Å². The van der Waals surface area contributed by atoms with Crippen molar-refractivity contribution >= 4 is 5.91 Å². The van der Waals surface area contributed by atoms with Crippen LogP contribution >= 0.6 is 0 Å². The van der Waals surface area contributed by atoms with E-state index in [9.17, 15) is 4.79 Å². The van der Waals surface area contributed by atoms with Crippen LogP contribution in [0, 0.1) is 5.92 Å². The Morgan fingerprint density at radius 1 is 1.24 bits per heavy atom. The summed E-state index contributed by atoms with van der Waals surface area (Å²) in [7, 11) is 0. The number of carbonyl (C=O) groups excluding carboxylic acids is 1. The van der Waals surface area contributed by atoms with Gasteiger partial charge in [0, 0.05) is 25.7 Å². The summed E-state index contributed by atoms with van der Waals surface area (Å²) < 4.78 is 0. The van der Waals surface area contributed by atoms with Crippen LogP contribution in [-0.2, 0) is 4.79 Å². The van der Waals surface area contributed by atoms with Crippen LogP contribution in [0.3, 0.4) is 0 Å². The van der Waals surface area contributed by atoms with Gasteiger partial charge in [0.25, 0.3) is 0 Å². The standard InChI is InChI=1S/C13H25N3O/c1-11-4-7-16(8-5-11)13(17)10-15-6-2-3-12(14)9-15/h11-12H,2-10,14H2,1H3/t12-/m0/s1. The van der Waals surface area contributed by atoms with Crippen molar-refractivity contribution in [2.75, 3.05) is 32.7 Å². The molecule has 0 radical (unpaired) electrons. The largest absolute Gasteiger partial charge is 0.342 e. The number of piperidine rings is 2. The minimum atomic E-state index is 0.262. The zero-order chi connectivity index (χ0) is 12.3. The predicted molar refractivity (Wildman–Crippen MR) is 68.6 cm³/mol. The maximum atomic E-state index is 12.1. The van der Waals surface area contributed by atoms with Crippen molar-refractivity contribution in [2.45, 2.75) is 38.6 Å². The topological polar surface area (TPSA) is 49.6 Å². The number of rotatable bonds is 2. The number of hydrogen-bond acceptors (Lipinski definition) is 3. The smallest absolute Gasteiger partial charge is 0.236 e. The van der Waals surface area contributed by atoms with E-state index in [4.69, 9.17) is 5.73 Å². The van der Waals surface area contributed by atoms with E-state index in [-0.39, 0.29) is 6.04 Å². The summed E-state index contributed by atoms with van der Waals surface area (Å²) in [5.41, 5.74) is 5.93. The van der Waals surface area contributed by atoms with E-state index < -0.39 is 0 Å². The summed E-state index contributed by atoms with van der Waals surface area (Å²) in [6.45, 7) is 6.65. The minimum Gasteiger partial charge on any atom is -0.342 e. The average molecular weight is 239 g/mol. The molecule has 1 atom stereocenters. The van der Waals surface area contributed by atoms with Gasteiger partial charge in [-0.3, -0.25) is 9.69 Å². The molecule has 2 saturated heterocycles. The molecule has 0 spiro atoms. The molecule has 0 aromatic heterocycles. The molecular weight excluding hydrogens is 214 g/mol. The van der Waals surface area contributed by atoms with Gasteiger partial charge in [-0.2, -0.15) is 0 Å². The third kappa shape index (κ3) is 3.68. The lowest BCUT2D eigenvalue weighted by atomic mass is 9.99. The zero-order valence-corrected chi connectivity index (χ0v) is 10.9. The van der Waals surface area contributed by atoms with Crippen LogP contribution in [0.25, 0.3) is 0 Å². The molecule has 2 aliphatic heterocycles. The first-order valence-electron chi connectivity index (χ1n) is 6.91. The third-order valence-corrected chi connectivity index (χ3v) is 4.04. The normalized spacial score (nSPS) is 28.4. The van der Waals surface area contributed by atoms with Crippen LogP contribution in [0.2, 0.25) is 0 Å². The average Bonchev–Trinajstić information content (AvgIpc) is 2.29. The van der Waals surface area contributed by atoms with E-state index in [0.717, 1.165) is 57.8 Å². The first-order chi connectivity index (χ1) is 8.15. The molecule has 0 unspecified atom stereocenters.